The number of ether oxygens (including phenoxy) is 1. The number of sulfone groups is 1. The van der Waals surface area contributed by atoms with Gasteiger partial charge in [-0.2, -0.15) is 0 Å². The SMILES string of the molecule is CCCS(=O)(=O)CCOc1ccc(C)nc1/C=C/C(=O)O. The summed E-state index contributed by atoms with van der Waals surface area (Å²) < 4.78 is 28.6. The van der Waals surface area contributed by atoms with E-state index in [9.17, 15) is 13.2 Å². The second kappa shape index (κ2) is 7.78. The van der Waals surface area contributed by atoms with Crippen molar-refractivity contribution in [2.45, 2.75) is 20.3 Å². The van der Waals surface area contributed by atoms with E-state index in [0.717, 1.165) is 6.08 Å². The number of carbonyl (C=O) groups is 1. The third-order valence-corrected chi connectivity index (χ3v) is 4.39. The first-order valence-electron chi connectivity index (χ1n) is 6.56. The largest absolute Gasteiger partial charge is 0.490 e. The lowest BCUT2D eigenvalue weighted by atomic mass is 10.2. The van der Waals surface area contributed by atoms with Crippen LogP contribution in [-0.2, 0) is 14.6 Å². The van der Waals surface area contributed by atoms with Crippen molar-refractivity contribution in [3.63, 3.8) is 0 Å². The van der Waals surface area contributed by atoms with Crippen LogP contribution in [-0.4, -0.2) is 42.6 Å². The van der Waals surface area contributed by atoms with Crippen LogP contribution in [0, 0.1) is 6.92 Å². The Morgan fingerprint density at radius 1 is 1.38 bits per heavy atom. The van der Waals surface area contributed by atoms with Crippen molar-refractivity contribution < 1.29 is 23.1 Å². The summed E-state index contributed by atoms with van der Waals surface area (Å²) in [5, 5.41) is 8.64. The Hall–Kier alpha value is -1.89. The fraction of sp³-hybridized carbons (Fsp3) is 0.429. The molecule has 6 nitrogen and oxygen atoms in total. The molecule has 0 bridgehead atoms. The van der Waals surface area contributed by atoms with E-state index in [0.29, 0.717) is 23.6 Å². The second-order valence-corrected chi connectivity index (χ2v) is 6.81. The quantitative estimate of drug-likeness (QED) is 0.734. The Balaban J connectivity index is 2.77. The molecule has 0 saturated heterocycles. The fourth-order valence-electron chi connectivity index (χ4n) is 1.65. The normalized spacial score (nSPS) is 11.7. The number of rotatable bonds is 8. The fourth-order valence-corrected chi connectivity index (χ4v) is 2.81. The summed E-state index contributed by atoms with van der Waals surface area (Å²) in [6.45, 7) is 3.59. The highest BCUT2D eigenvalue weighted by Crippen LogP contribution is 2.18. The van der Waals surface area contributed by atoms with Crippen LogP contribution in [0.2, 0.25) is 0 Å². The van der Waals surface area contributed by atoms with Crippen molar-refractivity contribution in [1.29, 1.82) is 0 Å². The Kier molecular flexibility index (Phi) is 6.36. The van der Waals surface area contributed by atoms with E-state index < -0.39 is 15.8 Å². The van der Waals surface area contributed by atoms with E-state index >= 15 is 0 Å². The second-order valence-electron chi connectivity index (χ2n) is 4.51. The Labute approximate surface area is 124 Å². The van der Waals surface area contributed by atoms with Gasteiger partial charge in [-0.15, -0.1) is 0 Å². The molecule has 0 aliphatic carbocycles. The molecule has 0 fully saturated rings. The zero-order valence-electron chi connectivity index (χ0n) is 12.1. The lowest BCUT2D eigenvalue weighted by Gasteiger charge is -2.09. The maximum Gasteiger partial charge on any atom is 0.328 e. The van der Waals surface area contributed by atoms with Crippen molar-refractivity contribution >= 4 is 21.9 Å². The van der Waals surface area contributed by atoms with Gasteiger partial charge < -0.3 is 9.84 Å². The van der Waals surface area contributed by atoms with Crippen LogP contribution < -0.4 is 4.74 Å². The number of aliphatic carboxylic acids is 1. The van der Waals surface area contributed by atoms with Gasteiger partial charge in [0.25, 0.3) is 0 Å². The van der Waals surface area contributed by atoms with Crippen LogP contribution >= 0.6 is 0 Å². The zero-order chi connectivity index (χ0) is 15.9. The highest BCUT2D eigenvalue weighted by molar-refractivity contribution is 7.91. The number of carboxylic acid groups (broad SMARTS) is 1. The molecule has 0 aromatic carbocycles. The van der Waals surface area contributed by atoms with Gasteiger partial charge in [0, 0.05) is 11.8 Å². The Bertz CT molecular complexity index is 622. The number of pyridine rings is 1. The summed E-state index contributed by atoms with van der Waals surface area (Å²) >= 11 is 0. The third-order valence-electron chi connectivity index (χ3n) is 2.58. The van der Waals surface area contributed by atoms with Crippen molar-refractivity contribution in [3.05, 3.63) is 29.6 Å². The number of carboxylic acids is 1. The van der Waals surface area contributed by atoms with Gasteiger partial charge in [-0.25, -0.2) is 18.2 Å². The lowest BCUT2D eigenvalue weighted by Crippen LogP contribution is -2.17. The average molecular weight is 313 g/mol. The molecular formula is C14H19NO5S. The molecule has 0 atom stereocenters. The van der Waals surface area contributed by atoms with Gasteiger partial charge in [0.2, 0.25) is 0 Å². The van der Waals surface area contributed by atoms with E-state index in [1.807, 2.05) is 0 Å². The van der Waals surface area contributed by atoms with E-state index in [2.05, 4.69) is 4.98 Å². The maximum atomic E-state index is 11.6. The highest BCUT2D eigenvalue weighted by atomic mass is 32.2. The first-order chi connectivity index (χ1) is 9.84. The standard InChI is InChI=1S/C14H19NO5S/c1-3-9-21(18,19)10-8-20-13-6-4-11(2)15-12(13)5-7-14(16)17/h4-7H,3,8-10H2,1-2H3,(H,16,17)/b7-5+. The molecular weight excluding hydrogens is 294 g/mol. The molecule has 1 aromatic rings. The molecule has 0 spiro atoms. The van der Waals surface area contributed by atoms with Gasteiger partial charge >= 0.3 is 5.97 Å². The van der Waals surface area contributed by atoms with Crippen molar-refractivity contribution in [1.82, 2.24) is 4.98 Å². The monoisotopic (exact) mass is 313 g/mol. The van der Waals surface area contributed by atoms with Crippen molar-refractivity contribution in [2.24, 2.45) is 0 Å². The van der Waals surface area contributed by atoms with Crippen LogP contribution in [0.25, 0.3) is 6.08 Å². The van der Waals surface area contributed by atoms with Crippen molar-refractivity contribution in [3.8, 4) is 5.75 Å². The topological polar surface area (TPSA) is 93.6 Å². The first kappa shape index (κ1) is 17.2. The summed E-state index contributed by atoms with van der Waals surface area (Å²) in [7, 11) is -3.11. The smallest absolute Gasteiger partial charge is 0.328 e. The summed E-state index contributed by atoms with van der Waals surface area (Å²) in [6, 6.07) is 3.37. The van der Waals surface area contributed by atoms with Gasteiger partial charge in [-0.3, -0.25) is 0 Å². The van der Waals surface area contributed by atoms with E-state index in [1.54, 1.807) is 26.0 Å². The highest BCUT2D eigenvalue weighted by Gasteiger charge is 2.10. The third kappa shape index (κ3) is 6.40. The molecule has 1 N–H and O–H groups in total. The van der Waals surface area contributed by atoms with Crippen LogP contribution in [0.1, 0.15) is 24.7 Å². The zero-order valence-corrected chi connectivity index (χ0v) is 12.9. The molecule has 0 aliphatic rings. The molecule has 116 valence electrons. The molecule has 0 radical (unpaired) electrons. The predicted octanol–water partition coefficient (Wildman–Crippen LogP) is 1.69. The van der Waals surface area contributed by atoms with Gasteiger partial charge in [-0.05, 0) is 31.6 Å². The van der Waals surface area contributed by atoms with E-state index in [-0.39, 0.29) is 18.1 Å². The van der Waals surface area contributed by atoms with Crippen LogP contribution in [0.5, 0.6) is 5.75 Å². The van der Waals surface area contributed by atoms with Gasteiger partial charge in [0.15, 0.2) is 9.84 Å². The first-order valence-corrected chi connectivity index (χ1v) is 8.38. The molecule has 1 heterocycles. The molecule has 21 heavy (non-hydrogen) atoms. The number of nitrogens with zero attached hydrogens (tertiary/aromatic N) is 1. The minimum atomic E-state index is -3.11. The lowest BCUT2D eigenvalue weighted by molar-refractivity contribution is -0.131. The number of aryl methyl sites for hydroxylation is 1. The van der Waals surface area contributed by atoms with Crippen LogP contribution in [0.4, 0.5) is 0 Å². The molecule has 0 aliphatic heterocycles. The van der Waals surface area contributed by atoms with Crippen LogP contribution in [0.3, 0.4) is 0 Å². The summed E-state index contributed by atoms with van der Waals surface area (Å²) in [5.41, 5.74) is 1.08. The average Bonchev–Trinajstić information content (AvgIpc) is 2.38. The van der Waals surface area contributed by atoms with Crippen molar-refractivity contribution in [2.75, 3.05) is 18.1 Å². The van der Waals surface area contributed by atoms with Gasteiger partial charge in [0.1, 0.15) is 18.1 Å². The van der Waals surface area contributed by atoms with Gasteiger partial charge in [-0.1, -0.05) is 6.92 Å². The minimum Gasteiger partial charge on any atom is -0.490 e. The number of aromatic nitrogens is 1. The molecule has 0 unspecified atom stereocenters. The number of hydrogen-bond donors (Lipinski definition) is 1. The minimum absolute atomic E-state index is 0.0149. The summed E-state index contributed by atoms with van der Waals surface area (Å²) in [5.74, 6) is -0.662. The van der Waals surface area contributed by atoms with Crippen LogP contribution in [0.15, 0.2) is 18.2 Å². The molecule has 7 heteroatoms. The molecule has 0 amide bonds. The number of hydrogen-bond acceptors (Lipinski definition) is 5. The molecule has 0 saturated carbocycles. The predicted molar refractivity (Wildman–Crippen MR) is 80.1 cm³/mol. The Morgan fingerprint density at radius 2 is 2.10 bits per heavy atom. The van der Waals surface area contributed by atoms with E-state index in [1.165, 1.54) is 6.08 Å². The maximum absolute atomic E-state index is 11.6. The molecule has 1 aromatic heterocycles. The summed E-state index contributed by atoms with van der Waals surface area (Å²) in [6.07, 6.45) is 2.86. The molecule has 1 rings (SSSR count). The van der Waals surface area contributed by atoms with Gasteiger partial charge in [0.05, 0.1) is 11.5 Å². The van der Waals surface area contributed by atoms with E-state index in [4.69, 9.17) is 9.84 Å². The summed E-state index contributed by atoms with van der Waals surface area (Å²) in [4.78, 5) is 14.7. The Morgan fingerprint density at radius 3 is 2.71 bits per heavy atom.